The normalized spacial score (nSPS) is 11.3. The van der Waals surface area contributed by atoms with E-state index in [1.54, 1.807) is 13.0 Å². The van der Waals surface area contributed by atoms with Crippen LogP contribution >= 0.6 is 0 Å². The Hall–Kier alpha value is -1.12. The SMILES string of the molecule is C/C=C(/CCC(=O)CCCCC)C(=O)OC. The Morgan fingerprint density at radius 2 is 1.81 bits per heavy atom. The van der Waals surface area contributed by atoms with E-state index >= 15 is 0 Å². The number of Topliss-reactive ketones (excluding diaryl/α,β-unsaturated/α-hetero) is 1. The number of hydrogen-bond donors (Lipinski definition) is 0. The second-order valence-electron chi connectivity index (χ2n) is 3.80. The number of carbonyl (C=O) groups is 2. The molecule has 0 spiro atoms. The van der Waals surface area contributed by atoms with Crippen LogP contribution in [0.2, 0.25) is 0 Å². The molecule has 0 bridgehead atoms. The van der Waals surface area contributed by atoms with Crippen LogP contribution in [0, 0.1) is 0 Å². The van der Waals surface area contributed by atoms with E-state index in [-0.39, 0.29) is 11.8 Å². The highest BCUT2D eigenvalue weighted by Gasteiger charge is 2.10. The van der Waals surface area contributed by atoms with Crippen molar-refractivity contribution in [3.63, 3.8) is 0 Å². The second-order valence-corrected chi connectivity index (χ2v) is 3.80. The van der Waals surface area contributed by atoms with Gasteiger partial charge in [-0.25, -0.2) is 4.79 Å². The van der Waals surface area contributed by atoms with Crippen molar-refractivity contribution in [2.75, 3.05) is 7.11 Å². The van der Waals surface area contributed by atoms with Gasteiger partial charge in [-0.05, 0) is 19.8 Å². The maximum Gasteiger partial charge on any atom is 0.333 e. The Kier molecular flexibility index (Phi) is 8.49. The molecule has 0 rings (SSSR count). The maximum absolute atomic E-state index is 11.5. The van der Waals surface area contributed by atoms with E-state index in [1.807, 2.05) is 0 Å². The first kappa shape index (κ1) is 14.9. The Morgan fingerprint density at radius 1 is 1.12 bits per heavy atom. The number of esters is 1. The first-order valence-electron chi connectivity index (χ1n) is 5.90. The molecule has 0 aromatic heterocycles. The molecular formula is C13H22O3. The van der Waals surface area contributed by atoms with E-state index in [0.29, 0.717) is 24.8 Å². The first-order chi connectivity index (χ1) is 7.65. The van der Waals surface area contributed by atoms with Crippen molar-refractivity contribution in [2.24, 2.45) is 0 Å². The summed E-state index contributed by atoms with van der Waals surface area (Å²) < 4.78 is 4.62. The Labute approximate surface area is 97.9 Å². The van der Waals surface area contributed by atoms with E-state index in [0.717, 1.165) is 19.3 Å². The fourth-order valence-electron chi connectivity index (χ4n) is 1.47. The van der Waals surface area contributed by atoms with Gasteiger partial charge < -0.3 is 4.74 Å². The number of carbonyl (C=O) groups excluding carboxylic acids is 2. The molecule has 16 heavy (non-hydrogen) atoms. The van der Waals surface area contributed by atoms with Gasteiger partial charge in [0, 0.05) is 18.4 Å². The van der Waals surface area contributed by atoms with Crippen molar-refractivity contribution in [3.8, 4) is 0 Å². The number of hydrogen-bond acceptors (Lipinski definition) is 3. The predicted octanol–water partition coefficient (Wildman–Crippen LogP) is 3.04. The summed E-state index contributed by atoms with van der Waals surface area (Å²) in [6.45, 7) is 3.90. The standard InChI is InChI=1S/C13H22O3/c1-4-6-7-8-12(14)10-9-11(5-2)13(15)16-3/h5H,4,6-10H2,1-3H3/b11-5-. The van der Waals surface area contributed by atoms with Gasteiger partial charge in [-0.2, -0.15) is 0 Å². The summed E-state index contributed by atoms with van der Waals surface area (Å²) >= 11 is 0. The van der Waals surface area contributed by atoms with Gasteiger partial charge in [-0.3, -0.25) is 4.79 Å². The van der Waals surface area contributed by atoms with E-state index in [4.69, 9.17) is 0 Å². The highest BCUT2D eigenvalue weighted by atomic mass is 16.5. The minimum Gasteiger partial charge on any atom is -0.466 e. The van der Waals surface area contributed by atoms with E-state index in [9.17, 15) is 9.59 Å². The first-order valence-corrected chi connectivity index (χ1v) is 5.90. The summed E-state index contributed by atoms with van der Waals surface area (Å²) in [6, 6.07) is 0. The van der Waals surface area contributed by atoms with Crippen LogP contribution in [-0.2, 0) is 14.3 Å². The molecule has 3 nitrogen and oxygen atoms in total. The average molecular weight is 226 g/mol. The topological polar surface area (TPSA) is 43.4 Å². The number of ether oxygens (including phenoxy) is 1. The van der Waals surface area contributed by atoms with Crippen LogP contribution in [0.5, 0.6) is 0 Å². The van der Waals surface area contributed by atoms with Crippen LogP contribution in [0.3, 0.4) is 0 Å². The third-order valence-corrected chi connectivity index (χ3v) is 2.53. The third kappa shape index (κ3) is 6.38. The summed E-state index contributed by atoms with van der Waals surface area (Å²) in [4.78, 5) is 22.7. The van der Waals surface area contributed by atoms with E-state index < -0.39 is 0 Å². The quantitative estimate of drug-likeness (QED) is 0.363. The van der Waals surface area contributed by atoms with Crippen molar-refractivity contribution >= 4 is 11.8 Å². The van der Waals surface area contributed by atoms with Gasteiger partial charge in [0.2, 0.25) is 0 Å². The number of unbranched alkanes of at least 4 members (excludes halogenated alkanes) is 2. The predicted molar refractivity (Wildman–Crippen MR) is 64.2 cm³/mol. The average Bonchev–Trinajstić information content (AvgIpc) is 2.29. The minimum atomic E-state index is -0.330. The molecule has 0 aliphatic heterocycles. The van der Waals surface area contributed by atoms with Crippen molar-refractivity contribution in [1.29, 1.82) is 0 Å². The van der Waals surface area contributed by atoms with Crippen LogP contribution in [0.25, 0.3) is 0 Å². The minimum absolute atomic E-state index is 0.233. The lowest BCUT2D eigenvalue weighted by Gasteiger charge is -2.04. The summed E-state index contributed by atoms with van der Waals surface area (Å²) in [5.41, 5.74) is 0.589. The molecule has 0 radical (unpaired) electrons. The van der Waals surface area contributed by atoms with Gasteiger partial charge in [0.1, 0.15) is 5.78 Å². The number of allylic oxidation sites excluding steroid dienone is 1. The van der Waals surface area contributed by atoms with Gasteiger partial charge in [0.05, 0.1) is 7.11 Å². The molecule has 92 valence electrons. The van der Waals surface area contributed by atoms with Crippen molar-refractivity contribution in [3.05, 3.63) is 11.6 Å². The molecule has 0 amide bonds. The number of rotatable bonds is 8. The molecule has 0 aromatic carbocycles. The van der Waals surface area contributed by atoms with Crippen LogP contribution in [0.4, 0.5) is 0 Å². The zero-order valence-corrected chi connectivity index (χ0v) is 10.5. The van der Waals surface area contributed by atoms with E-state index in [2.05, 4.69) is 11.7 Å². The monoisotopic (exact) mass is 226 g/mol. The molecule has 0 aliphatic rings. The fourth-order valence-corrected chi connectivity index (χ4v) is 1.47. The summed E-state index contributed by atoms with van der Waals surface area (Å²) in [6.07, 6.45) is 6.46. The highest BCUT2D eigenvalue weighted by molar-refractivity contribution is 5.89. The summed E-state index contributed by atoms with van der Waals surface area (Å²) in [5, 5.41) is 0. The fraction of sp³-hybridized carbons (Fsp3) is 0.692. The summed E-state index contributed by atoms with van der Waals surface area (Å²) in [7, 11) is 1.36. The van der Waals surface area contributed by atoms with Gasteiger partial charge in [-0.1, -0.05) is 25.8 Å². The Morgan fingerprint density at radius 3 is 2.31 bits per heavy atom. The van der Waals surface area contributed by atoms with Crippen molar-refractivity contribution in [2.45, 2.75) is 52.4 Å². The van der Waals surface area contributed by atoms with Gasteiger partial charge in [0.25, 0.3) is 0 Å². The highest BCUT2D eigenvalue weighted by Crippen LogP contribution is 2.10. The zero-order chi connectivity index (χ0) is 12.4. The van der Waals surface area contributed by atoms with Crippen LogP contribution in [-0.4, -0.2) is 18.9 Å². The Bertz CT molecular complexity index is 254. The molecule has 0 saturated heterocycles. The molecule has 0 saturated carbocycles. The zero-order valence-electron chi connectivity index (χ0n) is 10.5. The molecule has 0 N–H and O–H groups in total. The summed E-state index contributed by atoms with van der Waals surface area (Å²) in [5.74, 6) is -0.0967. The molecule has 0 aliphatic carbocycles. The lowest BCUT2D eigenvalue weighted by Crippen LogP contribution is -2.07. The molecule has 3 heteroatoms. The van der Waals surface area contributed by atoms with Crippen molar-refractivity contribution < 1.29 is 14.3 Å². The van der Waals surface area contributed by atoms with Crippen molar-refractivity contribution in [1.82, 2.24) is 0 Å². The smallest absolute Gasteiger partial charge is 0.333 e. The lowest BCUT2D eigenvalue weighted by atomic mass is 10.0. The van der Waals surface area contributed by atoms with Gasteiger partial charge in [0.15, 0.2) is 0 Å². The van der Waals surface area contributed by atoms with Crippen LogP contribution in [0.15, 0.2) is 11.6 Å². The lowest BCUT2D eigenvalue weighted by molar-refractivity contribution is -0.136. The molecule has 0 aromatic rings. The molecule has 0 heterocycles. The third-order valence-electron chi connectivity index (χ3n) is 2.53. The molecule has 0 unspecified atom stereocenters. The van der Waals surface area contributed by atoms with Gasteiger partial charge in [-0.15, -0.1) is 0 Å². The Balaban J connectivity index is 3.85. The number of methoxy groups -OCH3 is 1. The maximum atomic E-state index is 11.5. The second kappa shape index (κ2) is 9.13. The van der Waals surface area contributed by atoms with E-state index in [1.165, 1.54) is 7.11 Å². The largest absolute Gasteiger partial charge is 0.466 e. The van der Waals surface area contributed by atoms with Crippen LogP contribution < -0.4 is 0 Å². The molecule has 0 atom stereocenters. The molecule has 0 fully saturated rings. The molecular weight excluding hydrogens is 204 g/mol. The van der Waals surface area contributed by atoms with Crippen LogP contribution in [0.1, 0.15) is 52.4 Å². The number of ketones is 1. The van der Waals surface area contributed by atoms with Gasteiger partial charge >= 0.3 is 5.97 Å².